The molecule has 1 heterocycles. The van der Waals surface area contributed by atoms with Crippen LogP contribution in [0.15, 0.2) is 24.8 Å². The number of fused-ring (bicyclic) bond motifs is 1. The van der Waals surface area contributed by atoms with E-state index < -0.39 is 0 Å². The Labute approximate surface area is 76.0 Å². The lowest BCUT2D eigenvalue weighted by molar-refractivity contribution is 0.151. The molecule has 13 heavy (non-hydrogen) atoms. The molecule has 1 aliphatic heterocycles. The predicted octanol–water partition coefficient (Wildman–Crippen LogP) is 2.39. The van der Waals surface area contributed by atoms with E-state index in [2.05, 4.69) is 11.9 Å². The third-order valence-electron chi connectivity index (χ3n) is 1.96. The third kappa shape index (κ3) is 1.40. The Hall–Kier alpha value is -1.77. The van der Waals surface area contributed by atoms with Gasteiger partial charge >= 0.3 is 6.09 Å². The van der Waals surface area contributed by atoms with Crippen molar-refractivity contribution in [3.63, 3.8) is 0 Å². The summed E-state index contributed by atoms with van der Waals surface area (Å²) in [5.74, 6) is 0. The summed E-state index contributed by atoms with van der Waals surface area (Å²) < 4.78 is 4.82. The van der Waals surface area contributed by atoms with Gasteiger partial charge in [0.15, 0.2) is 0 Å². The molecule has 66 valence electrons. The molecule has 1 aliphatic rings. The fraction of sp³-hybridized carbons (Fsp3) is 0.100. The molecule has 0 radical (unpaired) electrons. The molecule has 0 fully saturated rings. The standard InChI is InChI=1S/C10H9NO2/c1-2-7-3-4-9-8(5-7)6-13-10(12)11-9/h2-5H,1,6H2,(H,11,12). The monoisotopic (exact) mass is 175 g/mol. The van der Waals surface area contributed by atoms with E-state index in [0.29, 0.717) is 6.61 Å². The SMILES string of the molecule is C=Cc1ccc2c(c1)COC(=O)N2. The number of nitrogens with one attached hydrogen (secondary N) is 1. The van der Waals surface area contributed by atoms with Gasteiger partial charge in [0.05, 0.1) is 5.69 Å². The molecule has 0 bridgehead atoms. The van der Waals surface area contributed by atoms with E-state index in [1.165, 1.54) is 0 Å². The normalized spacial score (nSPS) is 14.0. The summed E-state index contributed by atoms with van der Waals surface area (Å²) in [6.45, 7) is 4.00. The molecule has 0 spiro atoms. The maximum atomic E-state index is 10.8. The van der Waals surface area contributed by atoms with Gasteiger partial charge in [-0.2, -0.15) is 0 Å². The average molecular weight is 175 g/mol. The number of anilines is 1. The smallest absolute Gasteiger partial charge is 0.411 e. The number of carbonyl (C=O) groups excluding carboxylic acids is 1. The average Bonchev–Trinajstić information content (AvgIpc) is 2.17. The minimum atomic E-state index is -0.390. The third-order valence-corrected chi connectivity index (χ3v) is 1.96. The summed E-state index contributed by atoms with van der Waals surface area (Å²) in [5.41, 5.74) is 2.83. The van der Waals surface area contributed by atoms with Gasteiger partial charge in [-0.05, 0) is 17.7 Å². The van der Waals surface area contributed by atoms with Crippen LogP contribution in [-0.4, -0.2) is 6.09 Å². The molecule has 0 aliphatic carbocycles. The molecule has 0 saturated carbocycles. The van der Waals surface area contributed by atoms with Gasteiger partial charge in [-0.25, -0.2) is 4.79 Å². The zero-order valence-electron chi connectivity index (χ0n) is 7.04. The molecule has 0 atom stereocenters. The zero-order valence-corrected chi connectivity index (χ0v) is 7.04. The molecule has 3 heteroatoms. The van der Waals surface area contributed by atoms with E-state index in [1.807, 2.05) is 18.2 Å². The lowest BCUT2D eigenvalue weighted by Crippen LogP contribution is -2.20. The van der Waals surface area contributed by atoms with E-state index in [1.54, 1.807) is 6.08 Å². The molecule has 2 rings (SSSR count). The summed E-state index contributed by atoms with van der Waals surface area (Å²) in [4.78, 5) is 10.8. The van der Waals surface area contributed by atoms with E-state index in [-0.39, 0.29) is 6.09 Å². The number of rotatable bonds is 1. The number of benzene rings is 1. The van der Waals surface area contributed by atoms with Gasteiger partial charge in [0, 0.05) is 5.56 Å². The summed E-state index contributed by atoms with van der Waals surface area (Å²) in [6.07, 6.45) is 1.37. The van der Waals surface area contributed by atoms with Crippen LogP contribution in [0.25, 0.3) is 6.08 Å². The summed E-state index contributed by atoms with van der Waals surface area (Å²) >= 11 is 0. The van der Waals surface area contributed by atoms with Gasteiger partial charge in [0.25, 0.3) is 0 Å². The summed E-state index contributed by atoms with van der Waals surface area (Å²) in [6, 6.07) is 5.70. The quantitative estimate of drug-likeness (QED) is 0.711. The first-order chi connectivity index (χ1) is 6.29. The lowest BCUT2D eigenvalue weighted by Gasteiger charge is -2.17. The van der Waals surface area contributed by atoms with E-state index >= 15 is 0 Å². The Kier molecular flexibility index (Phi) is 1.77. The number of hydrogen-bond donors (Lipinski definition) is 1. The van der Waals surface area contributed by atoms with Crippen LogP contribution in [0.3, 0.4) is 0 Å². The Morgan fingerprint density at radius 1 is 1.54 bits per heavy atom. The van der Waals surface area contributed by atoms with Crippen molar-refractivity contribution in [2.24, 2.45) is 0 Å². The van der Waals surface area contributed by atoms with Crippen LogP contribution in [0.5, 0.6) is 0 Å². The summed E-state index contributed by atoms with van der Waals surface area (Å²) in [7, 11) is 0. The fourth-order valence-corrected chi connectivity index (χ4v) is 1.27. The van der Waals surface area contributed by atoms with Gasteiger partial charge < -0.3 is 4.74 Å². The first-order valence-corrected chi connectivity index (χ1v) is 3.99. The second kappa shape index (κ2) is 2.94. The van der Waals surface area contributed by atoms with E-state index in [0.717, 1.165) is 16.8 Å². The molecule has 1 amide bonds. The highest BCUT2D eigenvalue weighted by Gasteiger charge is 2.14. The Morgan fingerprint density at radius 2 is 2.38 bits per heavy atom. The molecule has 1 aromatic rings. The van der Waals surface area contributed by atoms with Crippen LogP contribution in [0.2, 0.25) is 0 Å². The first-order valence-electron chi connectivity index (χ1n) is 3.99. The van der Waals surface area contributed by atoms with Gasteiger partial charge in [-0.15, -0.1) is 0 Å². The highest BCUT2D eigenvalue weighted by atomic mass is 16.5. The van der Waals surface area contributed by atoms with Crippen molar-refractivity contribution in [3.05, 3.63) is 35.9 Å². The molecule has 3 nitrogen and oxygen atoms in total. The Morgan fingerprint density at radius 3 is 3.15 bits per heavy atom. The van der Waals surface area contributed by atoms with Crippen molar-refractivity contribution in [2.75, 3.05) is 5.32 Å². The first kappa shape index (κ1) is 7.86. The van der Waals surface area contributed by atoms with Crippen molar-refractivity contribution in [2.45, 2.75) is 6.61 Å². The number of carbonyl (C=O) groups is 1. The highest BCUT2D eigenvalue weighted by molar-refractivity contribution is 5.87. The number of hydrogen-bond acceptors (Lipinski definition) is 2. The largest absolute Gasteiger partial charge is 0.444 e. The molecule has 1 N–H and O–H groups in total. The minimum absolute atomic E-state index is 0.336. The van der Waals surface area contributed by atoms with Crippen molar-refractivity contribution < 1.29 is 9.53 Å². The van der Waals surface area contributed by atoms with Crippen LogP contribution in [0, 0.1) is 0 Å². The number of amides is 1. The van der Waals surface area contributed by atoms with Crippen LogP contribution >= 0.6 is 0 Å². The van der Waals surface area contributed by atoms with Crippen LogP contribution in [0.4, 0.5) is 10.5 Å². The van der Waals surface area contributed by atoms with Gasteiger partial charge in [0.2, 0.25) is 0 Å². The van der Waals surface area contributed by atoms with Gasteiger partial charge in [0.1, 0.15) is 6.61 Å². The number of cyclic esters (lactones) is 1. The predicted molar refractivity (Wildman–Crippen MR) is 50.3 cm³/mol. The van der Waals surface area contributed by atoms with Gasteiger partial charge in [-0.3, -0.25) is 5.32 Å². The van der Waals surface area contributed by atoms with Crippen molar-refractivity contribution in [3.8, 4) is 0 Å². The fourth-order valence-electron chi connectivity index (χ4n) is 1.27. The molecule has 0 saturated heterocycles. The van der Waals surface area contributed by atoms with E-state index in [9.17, 15) is 4.79 Å². The van der Waals surface area contributed by atoms with Gasteiger partial charge in [-0.1, -0.05) is 18.7 Å². The van der Waals surface area contributed by atoms with Crippen LogP contribution < -0.4 is 5.32 Å². The molecule has 0 aromatic heterocycles. The maximum absolute atomic E-state index is 10.8. The van der Waals surface area contributed by atoms with Crippen molar-refractivity contribution in [1.29, 1.82) is 0 Å². The van der Waals surface area contributed by atoms with Crippen molar-refractivity contribution in [1.82, 2.24) is 0 Å². The summed E-state index contributed by atoms with van der Waals surface area (Å²) in [5, 5.41) is 2.62. The highest BCUT2D eigenvalue weighted by Crippen LogP contribution is 2.22. The molecule has 0 unspecified atom stereocenters. The lowest BCUT2D eigenvalue weighted by atomic mass is 10.1. The van der Waals surface area contributed by atoms with Crippen molar-refractivity contribution >= 4 is 17.9 Å². The minimum Gasteiger partial charge on any atom is -0.444 e. The second-order valence-corrected chi connectivity index (χ2v) is 2.82. The second-order valence-electron chi connectivity index (χ2n) is 2.82. The van der Waals surface area contributed by atoms with Crippen LogP contribution in [-0.2, 0) is 11.3 Å². The van der Waals surface area contributed by atoms with E-state index in [4.69, 9.17) is 4.74 Å². The topological polar surface area (TPSA) is 38.3 Å². The van der Waals surface area contributed by atoms with Crippen LogP contribution in [0.1, 0.15) is 11.1 Å². The number of ether oxygens (including phenoxy) is 1. The maximum Gasteiger partial charge on any atom is 0.411 e. The molecular weight excluding hydrogens is 166 g/mol. The molecule has 1 aromatic carbocycles. The Bertz CT molecular complexity index is 371. The Balaban J connectivity index is 2.42. The zero-order chi connectivity index (χ0) is 9.26. The molecular formula is C10H9NO2.